The molecule has 2 aromatic rings. The Hall–Kier alpha value is -1.72. The molecule has 1 N–H and O–H groups in total. The van der Waals surface area contributed by atoms with E-state index in [-0.39, 0.29) is 0 Å². The predicted octanol–water partition coefficient (Wildman–Crippen LogP) is 2.23. The van der Waals surface area contributed by atoms with Crippen molar-refractivity contribution in [3.8, 4) is 11.5 Å². The standard InChI is InChI=1S/C16H22N4O/c1-12-5-7-13(8-6-12)16-18-15(19-21-16)11-20-9-3-4-14(20)10-17-2/h5-8,14,17H,3-4,9-11H2,1-2H3. The molecular weight excluding hydrogens is 264 g/mol. The first kappa shape index (κ1) is 14.2. The van der Waals surface area contributed by atoms with Gasteiger partial charge in [0.25, 0.3) is 5.89 Å². The van der Waals surface area contributed by atoms with E-state index in [2.05, 4.69) is 39.4 Å². The van der Waals surface area contributed by atoms with Gasteiger partial charge in [0.1, 0.15) is 0 Å². The summed E-state index contributed by atoms with van der Waals surface area (Å²) >= 11 is 0. The van der Waals surface area contributed by atoms with E-state index in [1.54, 1.807) is 0 Å². The maximum Gasteiger partial charge on any atom is 0.257 e. The van der Waals surface area contributed by atoms with Crippen LogP contribution in [0.5, 0.6) is 0 Å². The zero-order valence-electron chi connectivity index (χ0n) is 12.7. The highest BCUT2D eigenvalue weighted by Gasteiger charge is 2.25. The summed E-state index contributed by atoms with van der Waals surface area (Å²) < 4.78 is 5.39. The van der Waals surface area contributed by atoms with Crippen molar-refractivity contribution in [2.75, 3.05) is 20.1 Å². The fourth-order valence-corrected chi connectivity index (χ4v) is 2.88. The number of hydrogen-bond donors (Lipinski definition) is 1. The monoisotopic (exact) mass is 286 g/mol. The van der Waals surface area contributed by atoms with Crippen molar-refractivity contribution in [3.63, 3.8) is 0 Å². The van der Waals surface area contributed by atoms with Crippen LogP contribution in [0.4, 0.5) is 0 Å². The van der Waals surface area contributed by atoms with Crippen LogP contribution in [0.15, 0.2) is 28.8 Å². The zero-order valence-corrected chi connectivity index (χ0v) is 12.7. The molecule has 1 saturated heterocycles. The van der Waals surface area contributed by atoms with E-state index >= 15 is 0 Å². The van der Waals surface area contributed by atoms with Crippen molar-refractivity contribution in [2.45, 2.75) is 32.4 Å². The number of nitrogens with zero attached hydrogens (tertiary/aromatic N) is 3. The van der Waals surface area contributed by atoms with E-state index in [0.29, 0.717) is 11.9 Å². The molecule has 1 aromatic carbocycles. The largest absolute Gasteiger partial charge is 0.334 e. The summed E-state index contributed by atoms with van der Waals surface area (Å²) in [6.45, 7) is 4.96. The third kappa shape index (κ3) is 3.31. The van der Waals surface area contributed by atoms with Gasteiger partial charge in [0.05, 0.1) is 6.54 Å². The first-order valence-electron chi connectivity index (χ1n) is 7.54. The first-order valence-corrected chi connectivity index (χ1v) is 7.54. The van der Waals surface area contributed by atoms with E-state index in [1.807, 2.05) is 19.2 Å². The van der Waals surface area contributed by atoms with Gasteiger partial charge >= 0.3 is 0 Å². The molecular formula is C16H22N4O. The molecule has 2 heterocycles. The van der Waals surface area contributed by atoms with Crippen LogP contribution in [0.2, 0.25) is 0 Å². The highest BCUT2D eigenvalue weighted by Crippen LogP contribution is 2.21. The molecule has 1 aliphatic rings. The number of rotatable bonds is 5. The van der Waals surface area contributed by atoms with Crippen LogP contribution in [0.1, 0.15) is 24.2 Å². The summed E-state index contributed by atoms with van der Waals surface area (Å²) in [5.74, 6) is 1.38. The number of hydrogen-bond acceptors (Lipinski definition) is 5. The van der Waals surface area contributed by atoms with Gasteiger partial charge < -0.3 is 9.84 Å². The molecule has 0 amide bonds. The lowest BCUT2D eigenvalue weighted by molar-refractivity contribution is 0.233. The Balaban J connectivity index is 1.69. The second-order valence-corrected chi connectivity index (χ2v) is 5.71. The maximum absolute atomic E-state index is 5.39. The van der Waals surface area contributed by atoms with Crippen LogP contribution in [-0.2, 0) is 6.54 Å². The number of aryl methyl sites for hydroxylation is 1. The SMILES string of the molecule is CNCC1CCCN1Cc1noc(-c2ccc(C)cc2)n1. The number of likely N-dealkylation sites (N-methyl/N-ethyl adjacent to an activating group) is 1. The molecule has 0 radical (unpaired) electrons. The number of nitrogens with one attached hydrogen (secondary N) is 1. The molecule has 1 aliphatic heterocycles. The Morgan fingerprint density at radius 2 is 2.14 bits per heavy atom. The third-order valence-corrected chi connectivity index (χ3v) is 4.05. The van der Waals surface area contributed by atoms with Gasteiger partial charge in [0.2, 0.25) is 0 Å². The Kier molecular flexibility index (Phi) is 4.31. The summed E-state index contributed by atoms with van der Waals surface area (Å²) in [5, 5.41) is 7.38. The van der Waals surface area contributed by atoms with E-state index in [1.165, 1.54) is 18.4 Å². The first-order chi connectivity index (χ1) is 10.3. The fourth-order valence-electron chi connectivity index (χ4n) is 2.88. The van der Waals surface area contributed by atoms with E-state index in [0.717, 1.165) is 31.0 Å². The molecule has 5 heteroatoms. The second-order valence-electron chi connectivity index (χ2n) is 5.71. The van der Waals surface area contributed by atoms with Crippen LogP contribution in [0.25, 0.3) is 11.5 Å². The number of aromatic nitrogens is 2. The average molecular weight is 286 g/mol. The van der Waals surface area contributed by atoms with Crippen molar-refractivity contribution >= 4 is 0 Å². The summed E-state index contributed by atoms with van der Waals surface area (Å²) in [6.07, 6.45) is 2.48. The Morgan fingerprint density at radius 1 is 1.33 bits per heavy atom. The van der Waals surface area contributed by atoms with Crippen molar-refractivity contribution in [3.05, 3.63) is 35.7 Å². The Labute approximate surface area is 125 Å². The third-order valence-electron chi connectivity index (χ3n) is 4.05. The van der Waals surface area contributed by atoms with Crippen LogP contribution in [-0.4, -0.2) is 41.2 Å². The van der Waals surface area contributed by atoms with Crippen molar-refractivity contribution in [1.82, 2.24) is 20.4 Å². The van der Waals surface area contributed by atoms with E-state index in [9.17, 15) is 0 Å². The minimum Gasteiger partial charge on any atom is -0.334 e. The lowest BCUT2D eigenvalue weighted by Crippen LogP contribution is -2.36. The highest BCUT2D eigenvalue weighted by molar-refractivity contribution is 5.53. The van der Waals surface area contributed by atoms with Gasteiger partial charge in [-0.25, -0.2) is 0 Å². The Bertz CT molecular complexity index is 578. The lowest BCUT2D eigenvalue weighted by atomic mass is 10.1. The summed E-state index contributed by atoms with van der Waals surface area (Å²) in [7, 11) is 2.00. The molecule has 112 valence electrons. The van der Waals surface area contributed by atoms with Gasteiger partial charge in [-0.1, -0.05) is 22.9 Å². The normalized spacial score (nSPS) is 19.2. The highest BCUT2D eigenvalue weighted by atomic mass is 16.5. The van der Waals surface area contributed by atoms with E-state index in [4.69, 9.17) is 4.52 Å². The second kappa shape index (κ2) is 6.37. The molecule has 0 aliphatic carbocycles. The molecule has 0 saturated carbocycles. The Morgan fingerprint density at radius 3 is 2.90 bits per heavy atom. The zero-order chi connectivity index (χ0) is 14.7. The molecule has 1 aromatic heterocycles. The van der Waals surface area contributed by atoms with Gasteiger partial charge in [-0.2, -0.15) is 4.98 Å². The smallest absolute Gasteiger partial charge is 0.257 e. The van der Waals surface area contributed by atoms with Gasteiger partial charge in [0, 0.05) is 18.2 Å². The van der Waals surface area contributed by atoms with Crippen molar-refractivity contribution in [1.29, 1.82) is 0 Å². The quantitative estimate of drug-likeness (QED) is 0.913. The van der Waals surface area contributed by atoms with Crippen molar-refractivity contribution < 1.29 is 4.52 Å². The molecule has 1 atom stereocenters. The average Bonchev–Trinajstić information content (AvgIpc) is 3.11. The maximum atomic E-state index is 5.39. The summed E-state index contributed by atoms with van der Waals surface area (Å²) in [6, 6.07) is 8.74. The summed E-state index contributed by atoms with van der Waals surface area (Å²) in [4.78, 5) is 6.96. The molecule has 1 unspecified atom stereocenters. The lowest BCUT2D eigenvalue weighted by Gasteiger charge is -2.22. The number of likely N-dealkylation sites (tertiary alicyclic amines) is 1. The van der Waals surface area contributed by atoms with Crippen LogP contribution < -0.4 is 5.32 Å². The molecule has 5 nitrogen and oxygen atoms in total. The van der Waals surface area contributed by atoms with E-state index < -0.39 is 0 Å². The van der Waals surface area contributed by atoms with Crippen LogP contribution >= 0.6 is 0 Å². The number of benzene rings is 1. The van der Waals surface area contributed by atoms with Gasteiger partial charge in [-0.3, -0.25) is 4.90 Å². The van der Waals surface area contributed by atoms with Crippen LogP contribution in [0, 0.1) is 6.92 Å². The van der Waals surface area contributed by atoms with Crippen LogP contribution in [0.3, 0.4) is 0 Å². The summed E-state index contributed by atoms with van der Waals surface area (Å²) in [5.41, 5.74) is 2.21. The fraction of sp³-hybridized carbons (Fsp3) is 0.500. The topological polar surface area (TPSA) is 54.2 Å². The van der Waals surface area contributed by atoms with Gasteiger partial charge in [-0.15, -0.1) is 0 Å². The molecule has 0 spiro atoms. The van der Waals surface area contributed by atoms with Gasteiger partial charge in [0.15, 0.2) is 5.82 Å². The molecule has 1 fully saturated rings. The molecule has 3 rings (SSSR count). The molecule has 0 bridgehead atoms. The molecule has 21 heavy (non-hydrogen) atoms. The van der Waals surface area contributed by atoms with Crippen molar-refractivity contribution in [2.24, 2.45) is 0 Å². The van der Waals surface area contributed by atoms with Gasteiger partial charge in [-0.05, 0) is 45.5 Å². The predicted molar refractivity (Wildman–Crippen MR) is 81.8 cm³/mol. The minimum absolute atomic E-state index is 0.580. The minimum atomic E-state index is 0.580.